The van der Waals surface area contributed by atoms with Gasteiger partial charge in [0.1, 0.15) is 10.7 Å². The number of benzene rings is 1. The summed E-state index contributed by atoms with van der Waals surface area (Å²) in [5, 5.41) is -0.000863. The minimum atomic E-state index is -3.87. The molecular weight excluding hydrogens is 326 g/mol. The van der Waals surface area contributed by atoms with E-state index in [1.807, 2.05) is 0 Å². The molecule has 0 aliphatic heterocycles. The van der Waals surface area contributed by atoms with E-state index in [-0.39, 0.29) is 28.9 Å². The molecule has 1 aliphatic rings. The molecule has 1 aliphatic carbocycles. The average molecular weight is 343 g/mol. The van der Waals surface area contributed by atoms with Gasteiger partial charge in [-0.25, -0.2) is 17.5 Å². The van der Waals surface area contributed by atoms with Crippen LogP contribution in [0.4, 0.5) is 4.39 Å². The summed E-state index contributed by atoms with van der Waals surface area (Å²) in [6, 6.07) is 3.27. The Kier molecular flexibility index (Phi) is 5.80. The van der Waals surface area contributed by atoms with Crippen LogP contribution in [0.25, 0.3) is 0 Å². The van der Waals surface area contributed by atoms with Gasteiger partial charge in [0.25, 0.3) is 0 Å². The van der Waals surface area contributed by atoms with Crippen LogP contribution in [-0.2, 0) is 10.0 Å². The zero-order valence-electron chi connectivity index (χ0n) is 10.7. The minimum Gasteiger partial charge on any atom is -0.329 e. The van der Waals surface area contributed by atoms with Crippen molar-refractivity contribution in [1.29, 1.82) is 0 Å². The standard InChI is InChI=1S/C12H16ClFN2O2S.ClH/c13-10-4-3-9(14)7-11(10)19(17,18)16-12(8-15)5-1-2-6-12;/h3-4,7,16H,1-2,5-6,8,15H2;1H. The smallest absolute Gasteiger partial charge is 0.242 e. The highest BCUT2D eigenvalue weighted by Gasteiger charge is 2.37. The summed E-state index contributed by atoms with van der Waals surface area (Å²) >= 11 is 5.84. The average Bonchev–Trinajstić information content (AvgIpc) is 2.80. The predicted molar refractivity (Wildman–Crippen MR) is 79.2 cm³/mol. The van der Waals surface area contributed by atoms with E-state index in [1.54, 1.807) is 0 Å². The number of nitrogens with two attached hydrogens (primary N) is 1. The van der Waals surface area contributed by atoms with Crippen molar-refractivity contribution in [1.82, 2.24) is 4.72 Å². The van der Waals surface area contributed by atoms with E-state index in [0.29, 0.717) is 12.8 Å². The molecule has 20 heavy (non-hydrogen) atoms. The van der Waals surface area contributed by atoms with Crippen molar-refractivity contribution in [2.75, 3.05) is 6.54 Å². The zero-order chi connectivity index (χ0) is 14.1. The molecule has 0 unspecified atom stereocenters. The van der Waals surface area contributed by atoms with Crippen LogP contribution in [0.15, 0.2) is 23.1 Å². The summed E-state index contributed by atoms with van der Waals surface area (Å²) in [6.45, 7) is 0.221. The van der Waals surface area contributed by atoms with Gasteiger partial charge in [-0.15, -0.1) is 12.4 Å². The summed E-state index contributed by atoms with van der Waals surface area (Å²) in [7, 11) is -3.87. The van der Waals surface area contributed by atoms with Crippen molar-refractivity contribution in [2.24, 2.45) is 5.73 Å². The van der Waals surface area contributed by atoms with Gasteiger partial charge in [-0.3, -0.25) is 0 Å². The molecule has 0 radical (unpaired) electrons. The number of rotatable bonds is 4. The molecule has 2 rings (SSSR count). The van der Waals surface area contributed by atoms with Crippen LogP contribution >= 0.6 is 24.0 Å². The molecule has 3 N–H and O–H groups in total. The maximum absolute atomic E-state index is 13.2. The Morgan fingerprint density at radius 1 is 1.35 bits per heavy atom. The Hall–Kier alpha value is -0.400. The number of hydrogen-bond acceptors (Lipinski definition) is 3. The van der Waals surface area contributed by atoms with Gasteiger partial charge in [-0.2, -0.15) is 0 Å². The molecule has 0 spiro atoms. The van der Waals surface area contributed by atoms with Crippen molar-refractivity contribution < 1.29 is 12.8 Å². The molecule has 0 saturated heterocycles. The molecule has 8 heteroatoms. The first kappa shape index (κ1) is 17.7. The maximum Gasteiger partial charge on any atom is 0.242 e. The lowest BCUT2D eigenvalue weighted by Gasteiger charge is -2.28. The normalized spacial score (nSPS) is 17.8. The van der Waals surface area contributed by atoms with Crippen LogP contribution in [-0.4, -0.2) is 20.5 Å². The first-order valence-electron chi connectivity index (χ1n) is 6.08. The number of hydrogen-bond donors (Lipinski definition) is 2. The SMILES string of the molecule is Cl.NCC1(NS(=O)(=O)c2cc(F)ccc2Cl)CCCC1. The number of nitrogens with one attached hydrogen (secondary N) is 1. The van der Waals surface area contributed by atoms with Gasteiger partial charge in [0.15, 0.2) is 0 Å². The molecule has 1 fully saturated rings. The summed E-state index contributed by atoms with van der Waals surface area (Å²) in [4.78, 5) is -0.242. The van der Waals surface area contributed by atoms with E-state index in [2.05, 4.69) is 4.72 Å². The van der Waals surface area contributed by atoms with E-state index in [0.717, 1.165) is 25.0 Å². The van der Waals surface area contributed by atoms with Gasteiger partial charge in [-0.1, -0.05) is 24.4 Å². The van der Waals surface area contributed by atoms with E-state index in [4.69, 9.17) is 17.3 Å². The van der Waals surface area contributed by atoms with Gasteiger partial charge < -0.3 is 5.73 Å². The topological polar surface area (TPSA) is 72.2 Å². The molecule has 1 aromatic carbocycles. The monoisotopic (exact) mass is 342 g/mol. The Bertz CT molecular complexity index is 575. The summed E-state index contributed by atoms with van der Waals surface area (Å²) in [5.74, 6) is -0.641. The highest BCUT2D eigenvalue weighted by atomic mass is 35.5. The van der Waals surface area contributed by atoms with E-state index < -0.39 is 21.4 Å². The Balaban J connectivity index is 0.00000200. The second-order valence-corrected chi connectivity index (χ2v) is 6.93. The Labute approximate surface area is 129 Å². The molecule has 1 aromatic rings. The fourth-order valence-electron chi connectivity index (χ4n) is 2.42. The Morgan fingerprint density at radius 2 is 1.95 bits per heavy atom. The molecule has 1 saturated carbocycles. The van der Waals surface area contributed by atoms with Crippen LogP contribution < -0.4 is 10.5 Å². The predicted octanol–water partition coefficient (Wildman–Crippen LogP) is 2.45. The van der Waals surface area contributed by atoms with Gasteiger partial charge in [0.2, 0.25) is 10.0 Å². The summed E-state index contributed by atoms with van der Waals surface area (Å²) in [6.07, 6.45) is 3.23. The molecule has 114 valence electrons. The molecule has 0 amide bonds. The van der Waals surface area contributed by atoms with Crippen LogP contribution in [0.2, 0.25) is 5.02 Å². The van der Waals surface area contributed by atoms with E-state index >= 15 is 0 Å². The van der Waals surface area contributed by atoms with E-state index in [9.17, 15) is 12.8 Å². The molecule has 4 nitrogen and oxygen atoms in total. The molecule has 0 heterocycles. The lowest BCUT2D eigenvalue weighted by atomic mass is 10.0. The van der Waals surface area contributed by atoms with Gasteiger partial charge in [0.05, 0.1) is 5.02 Å². The molecule has 0 atom stereocenters. The highest BCUT2D eigenvalue weighted by molar-refractivity contribution is 7.89. The lowest BCUT2D eigenvalue weighted by molar-refractivity contribution is 0.399. The fraction of sp³-hybridized carbons (Fsp3) is 0.500. The minimum absolute atomic E-state index is 0. The van der Waals surface area contributed by atoms with E-state index in [1.165, 1.54) is 6.07 Å². The molecule has 0 bridgehead atoms. The highest BCUT2D eigenvalue weighted by Crippen LogP contribution is 2.31. The lowest BCUT2D eigenvalue weighted by Crippen LogP contribution is -2.51. The summed E-state index contributed by atoms with van der Waals surface area (Å²) < 4.78 is 40.4. The second-order valence-electron chi connectivity index (χ2n) is 4.87. The second kappa shape index (κ2) is 6.58. The first-order valence-corrected chi connectivity index (χ1v) is 7.94. The number of sulfonamides is 1. The van der Waals surface area contributed by atoms with Crippen molar-refractivity contribution >= 4 is 34.0 Å². The van der Waals surface area contributed by atoms with Crippen molar-refractivity contribution in [3.63, 3.8) is 0 Å². The molecule has 0 aromatic heterocycles. The van der Waals surface area contributed by atoms with Gasteiger partial charge >= 0.3 is 0 Å². The van der Waals surface area contributed by atoms with Crippen molar-refractivity contribution in [3.05, 3.63) is 29.0 Å². The maximum atomic E-state index is 13.2. The third-order valence-corrected chi connectivity index (χ3v) is 5.55. The fourth-order valence-corrected chi connectivity index (χ4v) is 4.41. The zero-order valence-corrected chi connectivity index (χ0v) is 13.1. The quantitative estimate of drug-likeness (QED) is 0.882. The third kappa shape index (κ3) is 3.62. The Morgan fingerprint density at radius 3 is 2.50 bits per heavy atom. The van der Waals surface area contributed by atoms with Crippen molar-refractivity contribution in [3.8, 4) is 0 Å². The van der Waals surface area contributed by atoms with Gasteiger partial charge in [-0.05, 0) is 31.0 Å². The number of halogens is 3. The third-order valence-electron chi connectivity index (χ3n) is 3.49. The van der Waals surface area contributed by atoms with Crippen LogP contribution in [0, 0.1) is 5.82 Å². The van der Waals surface area contributed by atoms with Crippen LogP contribution in [0.1, 0.15) is 25.7 Å². The largest absolute Gasteiger partial charge is 0.329 e. The van der Waals surface area contributed by atoms with Gasteiger partial charge in [0, 0.05) is 12.1 Å². The van der Waals surface area contributed by atoms with Crippen LogP contribution in [0.5, 0.6) is 0 Å². The van der Waals surface area contributed by atoms with Crippen molar-refractivity contribution in [2.45, 2.75) is 36.1 Å². The molecular formula is C12H17Cl2FN2O2S. The van der Waals surface area contributed by atoms with Crippen LogP contribution in [0.3, 0.4) is 0 Å². The first-order chi connectivity index (χ1) is 8.88. The summed E-state index contributed by atoms with van der Waals surface area (Å²) in [5.41, 5.74) is 5.06.